The van der Waals surface area contributed by atoms with E-state index in [9.17, 15) is 4.79 Å². The van der Waals surface area contributed by atoms with E-state index in [2.05, 4.69) is 31.3 Å². The first-order valence-electron chi connectivity index (χ1n) is 9.04. The lowest BCUT2D eigenvalue weighted by Crippen LogP contribution is -2.46. The monoisotopic (exact) mass is 347 g/mol. The van der Waals surface area contributed by atoms with Gasteiger partial charge in [-0.1, -0.05) is 43.7 Å². The summed E-state index contributed by atoms with van der Waals surface area (Å²) in [5, 5.41) is 3.12. The molecule has 0 aromatic carbocycles. The van der Waals surface area contributed by atoms with Crippen molar-refractivity contribution in [2.75, 3.05) is 14.1 Å². The van der Waals surface area contributed by atoms with Crippen LogP contribution in [0.5, 0.6) is 0 Å². The fourth-order valence-corrected chi connectivity index (χ4v) is 2.27. The highest BCUT2D eigenvalue weighted by atomic mass is 16.1. The second-order valence-electron chi connectivity index (χ2n) is 7.05. The molecule has 0 aliphatic carbocycles. The van der Waals surface area contributed by atoms with Gasteiger partial charge in [-0.25, -0.2) is 0 Å². The van der Waals surface area contributed by atoms with Crippen LogP contribution in [-0.4, -0.2) is 37.0 Å². The van der Waals surface area contributed by atoms with E-state index in [1.54, 1.807) is 0 Å². The number of nitrogens with two attached hydrogens (primary N) is 1. The molecule has 0 bridgehead atoms. The van der Waals surface area contributed by atoms with Gasteiger partial charge in [-0.05, 0) is 46.1 Å². The van der Waals surface area contributed by atoms with Gasteiger partial charge in [-0.15, -0.1) is 0 Å². The molecule has 1 unspecified atom stereocenters. The number of nitrogens with one attached hydrogen (secondary N) is 1. The Bertz CT molecular complexity index is 537. The quantitative estimate of drug-likeness (QED) is 0.493. The van der Waals surface area contributed by atoms with Gasteiger partial charge in [0.15, 0.2) is 0 Å². The van der Waals surface area contributed by atoms with Gasteiger partial charge >= 0.3 is 0 Å². The van der Waals surface area contributed by atoms with E-state index in [-0.39, 0.29) is 23.9 Å². The summed E-state index contributed by atoms with van der Waals surface area (Å²) in [7, 11) is 3.94. The van der Waals surface area contributed by atoms with Crippen LogP contribution in [0.15, 0.2) is 47.2 Å². The van der Waals surface area contributed by atoms with Crippen molar-refractivity contribution in [2.24, 2.45) is 11.7 Å². The fraction of sp³-hybridized carbons (Fsp3) is 0.571. The van der Waals surface area contributed by atoms with Crippen molar-refractivity contribution in [3.05, 3.63) is 47.2 Å². The number of carbonyl (C=O) groups is 1. The average molecular weight is 348 g/mol. The van der Waals surface area contributed by atoms with Crippen LogP contribution < -0.4 is 11.1 Å². The third-order valence-electron chi connectivity index (χ3n) is 4.00. The van der Waals surface area contributed by atoms with Crippen molar-refractivity contribution in [1.29, 1.82) is 0 Å². The number of hydrogen-bond donors (Lipinski definition) is 2. The van der Waals surface area contributed by atoms with Crippen LogP contribution in [0.3, 0.4) is 0 Å². The molecule has 0 saturated heterocycles. The molecule has 3 N–H and O–H groups in total. The average Bonchev–Trinajstić information content (AvgIpc) is 2.51. The van der Waals surface area contributed by atoms with Crippen molar-refractivity contribution in [3.63, 3.8) is 0 Å². The maximum atomic E-state index is 12.8. The molecule has 2 atom stereocenters. The smallest absolute Gasteiger partial charge is 0.251 e. The largest absolute Gasteiger partial charge is 0.381 e. The fourth-order valence-electron chi connectivity index (χ4n) is 2.27. The maximum Gasteiger partial charge on any atom is 0.251 e. The predicted molar refractivity (Wildman–Crippen MR) is 109 cm³/mol. The van der Waals surface area contributed by atoms with Crippen LogP contribution in [0, 0.1) is 5.92 Å². The highest BCUT2D eigenvalue weighted by molar-refractivity contribution is 5.96. The van der Waals surface area contributed by atoms with Gasteiger partial charge in [-0.2, -0.15) is 0 Å². The van der Waals surface area contributed by atoms with E-state index in [1.165, 1.54) is 5.57 Å². The Morgan fingerprint density at radius 3 is 2.20 bits per heavy atom. The van der Waals surface area contributed by atoms with Crippen molar-refractivity contribution in [3.8, 4) is 0 Å². The Labute approximate surface area is 154 Å². The lowest BCUT2D eigenvalue weighted by atomic mass is 9.99. The first kappa shape index (κ1) is 23.2. The van der Waals surface area contributed by atoms with Crippen molar-refractivity contribution in [2.45, 2.75) is 60.0 Å². The topological polar surface area (TPSA) is 58.4 Å². The van der Waals surface area contributed by atoms with Crippen LogP contribution in [-0.2, 0) is 4.79 Å². The Morgan fingerprint density at radius 1 is 1.20 bits per heavy atom. The SMILES string of the molecule is C/C=C\C(=C/C)C[C@H](NC(=O)C(=C/C(C)C)/C=C(\C)N(C)C)C(C)N. The van der Waals surface area contributed by atoms with Crippen molar-refractivity contribution in [1.82, 2.24) is 10.2 Å². The van der Waals surface area contributed by atoms with Gasteiger partial charge < -0.3 is 16.0 Å². The summed E-state index contributed by atoms with van der Waals surface area (Å²) in [4.78, 5) is 14.8. The zero-order valence-corrected chi connectivity index (χ0v) is 17.3. The van der Waals surface area contributed by atoms with E-state index in [0.717, 1.165) is 12.1 Å². The number of amides is 1. The molecule has 0 radical (unpaired) electrons. The molecule has 4 nitrogen and oxygen atoms in total. The first-order valence-corrected chi connectivity index (χ1v) is 9.04. The Hall–Kier alpha value is -1.81. The van der Waals surface area contributed by atoms with Crippen LogP contribution in [0.4, 0.5) is 0 Å². The summed E-state index contributed by atoms with van der Waals surface area (Å²) in [5.74, 6) is 0.211. The molecular weight excluding hydrogens is 310 g/mol. The molecule has 0 aromatic rings. The number of rotatable bonds is 9. The Morgan fingerprint density at radius 2 is 1.80 bits per heavy atom. The molecule has 0 aliphatic rings. The van der Waals surface area contributed by atoms with Gasteiger partial charge in [0.25, 0.3) is 5.91 Å². The van der Waals surface area contributed by atoms with Gasteiger partial charge in [0.05, 0.1) is 0 Å². The third kappa shape index (κ3) is 9.30. The van der Waals surface area contributed by atoms with Crippen LogP contribution in [0.25, 0.3) is 0 Å². The molecule has 25 heavy (non-hydrogen) atoms. The van der Waals surface area contributed by atoms with E-state index < -0.39 is 0 Å². The lowest BCUT2D eigenvalue weighted by Gasteiger charge is -2.24. The molecule has 4 heteroatoms. The molecule has 0 aliphatic heterocycles. The van der Waals surface area contributed by atoms with E-state index in [1.807, 2.05) is 64.9 Å². The molecule has 0 spiro atoms. The minimum absolute atomic E-state index is 0.0758. The second-order valence-corrected chi connectivity index (χ2v) is 7.05. The number of hydrogen-bond acceptors (Lipinski definition) is 3. The third-order valence-corrected chi connectivity index (χ3v) is 4.00. The number of carbonyl (C=O) groups excluding carboxylic acids is 1. The highest BCUT2D eigenvalue weighted by Crippen LogP contribution is 2.13. The molecule has 0 heterocycles. The number of allylic oxidation sites excluding steroid dienone is 5. The zero-order chi connectivity index (χ0) is 19.6. The van der Waals surface area contributed by atoms with Crippen molar-refractivity contribution >= 4 is 5.91 Å². The number of nitrogens with zero attached hydrogens (tertiary/aromatic N) is 1. The van der Waals surface area contributed by atoms with Gasteiger partial charge in [-0.3, -0.25) is 4.79 Å². The molecule has 0 fully saturated rings. The summed E-state index contributed by atoms with van der Waals surface area (Å²) >= 11 is 0. The summed E-state index contributed by atoms with van der Waals surface area (Å²) in [5.41, 5.74) is 9.00. The maximum absolute atomic E-state index is 12.8. The minimum Gasteiger partial charge on any atom is -0.381 e. The molecule has 0 rings (SSSR count). The molecular formula is C21H37N3O. The molecule has 142 valence electrons. The molecule has 0 aromatic heterocycles. The second kappa shape index (κ2) is 11.7. The van der Waals surface area contributed by atoms with Crippen molar-refractivity contribution < 1.29 is 4.79 Å². The Balaban J connectivity index is 5.44. The summed E-state index contributed by atoms with van der Waals surface area (Å²) in [6.07, 6.45) is 10.8. The first-order chi connectivity index (χ1) is 11.6. The molecule has 0 saturated carbocycles. The normalized spacial score (nSPS) is 16.3. The standard InChI is InChI=1S/C21H37N3O/c1-9-11-18(10-2)14-20(17(6)22)23-21(25)19(12-15(3)4)13-16(5)24(7)8/h9-13,15,17,20H,14,22H2,1-8H3,(H,23,25)/b11-9-,16-13+,18-10+,19-12+/t17?,20-/m0/s1. The van der Waals surface area contributed by atoms with Gasteiger partial charge in [0.2, 0.25) is 0 Å². The van der Waals surface area contributed by atoms with E-state index in [0.29, 0.717) is 5.57 Å². The molecule has 1 amide bonds. The summed E-state index contributed by atoms with van der Waals surface area (Å²) < 4.78 is 0. The van der Waals surface area contributed by atoms with E-state index >= 15 is 0 Å². The zero-order valence-electron chi connectivity index (χ0n) is 17.3. The Kier molecular flexibility index (Phi) is 10.8. The summed E-state index contributed by atoms with van der Waals surface area (Å²) in [6, 6.07) is -0.248. The lowest BCUT2D eigenvalue weighted by molar-refractivity contribution is -0.118. The van der Waals surface area contributed by atoms with Gasteiger partial charge in [0, 0.05) is 37.4 Å². The highest BCUT2D eigenvalue weighted by Gasteiger charge is 2.19. The minimum atomic E-state index is -0.136. The predicted octanol–water partition coefficient (Wildman–Crippen LogP) is 3.78. The van der Waals surface area contributed by atoms with Crippen LogP contribution >= 0.6 is 0 Å². The summed E-state index contributed by atoms with van der Waals surface area (Å²) in [6.45, 7) is 12.1. The van der Waals surface area contributed by atoms with Crippen LogP contribution in [0.1, 0.15) is 48.0 Å². The van der Waals surface area contributed by atoms with E-state index in [4.69, 9.17) is 5.73 Å². The van der Waals surface area contributed by atoms with Crippen LogP contribution in [0.2, 0.25) is 0 Å². The van der Waals surface area contributed by atoms with Gasteiger partial charge in [0.1, 0.15) is 0 Å².